The minimum absolute atomic E-state index is 0.163. The Morgan fingerprint density at radius 2 is 1.71 bits per heavy atom. The number of carbonyl (C=O) groups excluding carboxylic acids is 1. The Bertz CT molecular complexity index is 132. The van der Waals surface area contributed by atoms with Gasteiger partial charge in [-0.15, -0.1) is 0 Å². The molecule has 0 aromatic heterocycles. The van der Waals surface area contributed by atoms with E-state index in [-0.39, 0.29) is 11.8 Å². The van der Waals surface area contributed by atoms with E-state index in [1.165, 1.54) is 0 Å². The zero-order valence-corrected chi connectivity index (χ0v) is 10.7. The van der Waals surface area contributed by atoms with E-state index in [4.69, 9.17) is 0 Å². The van der Waals surface area contributed by atoms with Crippen molar-refractivity contribution in [1.82, 2.24) is 5.32 Å². The van der Waals surface area contributed by atoms with Gasteiger partial charge in [-0.05, 0) is 18.8 Å². The molecule has 0 aromatic rings. The summed E-state index contributed by atoms with van der Waals surface area (Å²) in [4.78, 5) is 11.3. The van der Waals surface area contributed by atoms with Gasteiger partial charge in [0.15, 0.2) is 0 Å². The van der Waals surface area contributed by atoms with Crippen molar-refractivity contribution in [1.29, 1.82) is 0 Å². The molecule has 1 unspecified atom stereocenters. The van der Waals surface area contributed by atoms with Crippen molar-refractivity contribution in [3.05, 3.63) is 0 Å². The summed E-state index contributed by atoms with van der Waals surface area (Å²) < 4.78 is 0. The molecule has 0 fully saturated rings. The molecular formula is C12H27NO. The molecule has 2 heteroatoms. The summed E-state index contributed by atoms with van der Waals surface area (Å²) in [5.41, 5.74) is 0. The summed E-state index contributed by atoms with van der Waals surface area (Å²) >= 11 is 0. The van der Waals surface area contributed by atoms with Crippen LogP contribution in [0.3, 0.4) is 0 Å². The molecule has 0 bridgehead atoms. The summed E-state index contributed by atoms with van der Waals surface area (Å²) in [7, 11) is 0. The van der Waals surface area contributed by atoms with E-state index in [1.54, 1.807) is 0 Å². The van der Waals surface area contributed by atoms with Crippen LogP contribution in [0.4, 0.5) is 0 Å². The Balaban J connectivity index is 0. The van der Waals surface area contributed by atoms with Crippen LogP contribution < -0.4 is 5.32 Å². The number of hydrogen-bond acceptors (Lipinski definition) is 1. The second-order valence-corrected chi connectivity index (χ2v) is 3.82. The highest BCUT2D eigenvalue weighted by molar-refractivity contribution is 5.78. The van der Waals surface area contributed by atoms with E-state index >= 15 is 0 Å². The van der Waals surface area contributed by atoms with Gasteiger partial charge in [0.2, 0.25) is 5.91 Å². The van der Waals surface area contributed by atoms with E-state index in [1.807, 2.05) is 20.8 Å². The lowest BCUT2D eigenvalue weighted by atomic mass is 9.98. The highest BCUT2D eigenvalue weighted by atomic mass is 16.1. The molecule has 0 spiro atoms. The van der Waals surface area contributed by atoms with Crippen LogP contribution in [0.2, 0.25) is 0 Å². The van der Waals surface area contributed by atoms with Gasteiger partial charge in [-0.25, -0.2) is 0 Å². The van der Waals surface area contributed by atoms with Crippen molar-refractivity contribution < 1.29 is 4.79 Å². The summed E-state index contributed by atoms with van der Waals surface area (Å²) in [6.45, 7) is 13.1. The van der Waals surface area contributed by atoms with Crippen LogP contribution in [-0.4, -0.2) is 12.5 Å². The second kappa shape index (κ2) is 10.6. The second-order valence-electron chi connectivity index (χ2n) is 3.82. The van der Waals surface area contributed by atoms with Gasteiger partial charge in [-0.1, -0.05) is 41.5 Å². The van der Waals surface area contributed by atoms with Crippen molar-refractivity contribution in [2.24, 2.45) is 11.8 Å². The van der Waals surface area contributed by atoms with Gasteiger partial charge in [0, 0.05) is 12.5 Å². The Kier molecular flexibility index (Phi) is 12.0. The normalized spacial score (nSPS) is 11.6. The van der Waals surface area contributed by atoms with Gasteiger partial charge in [0.05, 0.1) is 0 Å². The monoisotopic (exact) mass is 201 g/mol. The maximum atomic E-state index is 11.3. The molecule has 0 aliphatic carbocycles. The van der Waals surface area contributed by atoms with Gasteiger partial charge in [-0.3, -0.25) is 4.79 Å². The molecule has 0 aromatic carbocycles. The maximum Gasteiger partial charge on any atom is 0.222 e. The van der Waals surface area contributed by atoms with Crippen molar-refractivity contribution in [2.45, 2.75) is 54.4 Å². The van der Waals surface area contributed by atoms with Crippen molar-refractivity contribution in [3.8, 4) is 0 Å². The minimum atomic E-state index is 0.163. The van der Waals surface area contributed by atoms with E-state index in [0.717, 1.165) is 19.4 Å². The standard InChI is InChI=1S/C10H21NO.C2H6/c1-5-6-11-10(12)9(4)7-8(2)3;1-2/h8-9H,5-7H2,1-4H3,(H,11,12);1-2H3. The zero-order chi connectivity index (χ0) is 11.6. The molecule has 86 valence electrons. The van der Waals surface area contributed by atoms with Gasteiger partial charge in [-0.2, -0.15) is 0 Å². The average molecular weight is 201 g/mol. The molecule has 14 heavy (non-hydrogen) atoms. The third kappa shape index (κ3) is 9.56. The number of rotatable bonds is 5. The quantitative estimate of drug-likeness (QED) is 0.727. The van der Waals surface area contributed by atoms with Crippen LogP contribution in [0, 0.1) is 11.8 Å². The first kappa shape index (κ1) is 15.9. The van der Waals surface area contributed by atoms with E-state index in [9.17, 15) is 4.79 Å². The third-order valence-corrected chi connectivity index (χ3v) is 1.82. The topological polar surface area (TPSA) is 29.1 Å². The van der Waals surface area contributed by atoms with Crippen molar-refractivity contribution in [3.63, 3.8) is 0 Å². The van der Waals surface area contributed by atoms with Crippen LogP contribution in [0.5, 0.6) is 0 Å². The van der Waals surface area contributed by atoms with Crippen molar-refractivity contribution in [2.75, 3.05) is 6.54 Å². The lowest BCUT2D eigenvalue weighted by Gasteiger charge is -2.13. The van der Waals surface area contributed by atoms with E-state index in [2.05, 4.69) is 26.1 Å². The van der Waals surface area contributed by atoms with Gasteiger partial charge in [0.1, 0.15) is 0 Å². The van der Waals surface area contributed by atoms with Crippen molar-refractivity contribution >= 4 is 5.91 Å². The fraction of sp³-hybridized carbons (Fsp3) is 0.917. The lowest BCUT2D eigenvalue weighted by Crippen LogP contribution is -2.30. The number of amides is 1. The highest BCUT2D eigenvalue weighted by Crippen LogP contribution is 2.10. The number of carbonyl (C=O) groups is 1. The van der Waals surface area contributed by atoms with Gasteiger partial charge in [0.25, 0.3) is 0 Å². The van der Waals surface area contributed by atoms with E-state index < -0.39 is 0 Å². The first-order chi connectivity index (χ1) is 6.57. The molecule has 1 N–H and O–H groups in total. The van der Waals surface area contributed by atoms with E-state index in [0.29, 0.717) is 5.92 Å². The first-order valence-corrected chi connectivity index (χ1v) is 5.85. The molecule has 0 radical (unpaired) electrons. The smallest absolute Gasteiger partial charge is 0.222 e. The lowest BCUT2D eigenvalue weighted by molar-refractivity contribution is -0.124. The predicted octanol–water partition coefficient (Wildman–Crippen LogP) is 3.22. The van der Waals surface area contributed by atoms with Crippen LogP contribution in [0.25, 0.3) is 0 Å². The van der Waals surface area contributed by atoms with Gasteiger partial charge < -0.3 is 5.32 Å². The molecule has 2 nitrogen and oxygen atoms in total. The zero-order valence-electron chi connectivity index (χ0n) is 10.7. The molecule has 0 heterocycles. The minimum Gasteiger partial charge on any atom is -0.356 e. The first-order valence-electron chi connectivity index (χ1n) is 5.85. The third-order valence-electron chi connectivity index (χ3n) is 1.82. The summed E-state index contributed by atoms with van der Waals surface area (Å²) in [6, 6.07) is 0. The summed E-state index contributed by atoms with van der Waals surface area (Å²) in [6.07, 6.45) is 2.00. The van der Waals surface area contributed by atoms with Crippen LogP contribution in [0.1, 0.15) is 54.4 Å². The van der Waals surface area contributed by atoms with Crippen LogP contribution in [0.15, 0.2) is 0 Å². The molecule has 0 rings (SSSR count). The molecule has 1 atom stereocenters. The largest absolute Gasteiger partial charge is 0.356 e. The Labute approximate surface area is 89.5 Å². The fourth-order valence-corrected chi connectivity index (χ4v) is 1.24. The van der Waals surface area contributed by atoms with Crippen LogP contribution >= 0.6 is 0 Å². The predicted molar refractivity (Wildman–Crippen MR) is 63.3 cm³/mol. The number of hydrogen-bond donors (Lipinski definition) is 1. The Hall–Kier alpha value is -0.530. The summed E-state index contributed by atoms with van der Waals surface area (Å²) in [5.74, 6) is 0.967. The maximum absolute atomic E-state index is 11.3. The molecule has 1 amide bonds. The Morgan fingerprint density at radius 3 is 2.07 bits per heavy atom. The van der Waals surface area contributed by atoms with Gasteiger partial charge >= 0.3 is 0 Å². The molecule has 0 saturated heterocycles. The highest BCUT2D eigenvalue weighted by Gasteiger charge is 2.12. The van der Waals surface area contributed by atoms with Crippen LogP contribution in [-0.2, 0) is 4.79 Å². The Morgan fingerprint density at radius 1 is 1.21 bits per heavy atom. The fourth-order valence-electron chi connectivity index (χ4n) is 1.24. The SMILES string of the molecule is CC.CCCNC(=O)C(C)CC(C)C. The number of nitrogens with one attached hydrogen (secondary N) is 1. The summed E-state index contributed by atoms with van der Waals surface area (Å²) in [5, 5.41) is 2.90. The molecule has 0 saturated carbocycles. The average Bonchev–Trinajstić information content (AvgIpc) is 2.16. The molecular weight excluding hydrogens is 174 g/mol. The molecule has 0 aliphatic heterocycles. The molecule has 0 aliphatic rings.